The van der Waals surface area contributed by atoms with Gasteiger partial charge in [-0.15, -0.1) is 0 Å². The molecule has 0 amide bonds. The van der Waals surface area contributed by atoms with E-state index in [1.807, 2.05) is 54.3 Å². The van der Waals surface area contributed by atoms with E-state index >= 15 is 0 Å². The van der Waals surface area contributed by atoms with E-state index in [1.54, 1.807) is 0 Å². The molecular formula is C21H21N5O. The first-order chi connectivity index (χ1) is 13.2. The van der Waals surface area contributed by atoms with Gasteiger partial charge in [0, 0.05) is 30.2 Å². The van der Waals surface area contributed by atoms with E-state index in [1.165, 1.54) is 0 Å². The smallest absolute Gasteiger partial charge is 0.162 e. The van der Waals surface area contributed by atoms with Gasteiger partial charge >= 0.3 is 0 Å². The zero-order valence-electron chi connectivity index (χ0n) is 15.5. The van der Waals surface area contributed by atoms with E-state index in [-0.39, 0.29) is 0 Å². The van der Waals surface area contributed by atoms with Crippen molar-refractivity contribution in [3.8, 4) is 16.9 Å². The SMILES string of the molecule is CCOc1ccc2nccc(-c3cnn4cc(N5CC(C)C5)cnc34)c2c1. The van der Waals surface area contributed by atoms with E-state index in [0.29, 0.717) is 6.61 Å². The van der Waals surface area contributed by atoms with Gasteiger partial charge in [0.1, 0.15) is 5.75 Å². The molecule has 0 N–H and O–H groups in total. The molecule has 0 aliphatic carbocycles. The number of rotatable bonds is 4. The lowest BCUT2D eigenvalue weighted by Crippen LogP contribution is -2.45. The summed E-state index contributed by atoms with van der Waals surface area (Å²) < 4.78 is 7.54. The van der Waals surface area contributed by atoms with Crippen molar-refractivity contribution in [2.45, 2.75) is 13.8 Å². The van der Waals surface area contributed by atoms with Crippen molar-refractivity contribution in [1.29, 1.82) is 0 Å². The Balaban J connectivity index is 1.61. The third kappa shape index (κ3) is 2.68. The molecule has 6 heteroatoms. The van der Waals surface area contributed by atoms with Crippen LogP contribution in [0.5, 0.6) is 5.75 Å². The highest BCUT2D eigenvalue weighted by Gasteiger charge is 2.23. The van der Waals surface area contributed by atoms with Crippen LogP contribution >= 0.6 is 0 Å². The first-order valence-corrected chi connectivity index (χ1v) is 9.33. The zero-order chi connectivity index (χ0) is 18.4. The van der Waals surface area contributed by atoms with Gasteiger partial charge in [-0.2, -0.15) is 5.10 Å². The highest BCUT2D eigenvalue weighted by Crippen LogP contribution is 2.33. The number of benzene rings is 1. The predicted octanol–water partition coefficient (Wildman–Crippen LogP) is 3.80. The van der Waals surface area contributed by atoms with Crippen molar-refractivity contribution in [3.05, 3.63) is 49.1 Å². The fraction of sp³-hybridized carbons (Fsp3) is 0.286. The summed E-state index contributed by atoms with van der Waals surface area (Å²) in [5, 5.41) is 5.60. The Kier molecular flexibility index (Phi) is 3.70. The lowest BCUT2D eigenvalue weighted by molar-refractivity contribution is 0.340. The maximum atomic E-state index is 5.67. The third-order valence-corrected chi connectivity index (χ3v) is 5.09. The molecule has 0 spiro atoms. The Labute approximate surface area is 157 Å². The van der Waals surface area contributed by atoms with Crippen molar-refractivity contribution >= 4 is 22.2 Å². The number of anilines is 1. The van der Waals surface area contributed by atoms with Gasteiger partial charge in [0.2, 0.25) is 0 Å². The van der Waals surface area contributed by atoms with Crippen LogP contribution < -0.4 is 9.64 Å². The fourth-order valence-electron chi connectivity index (χ4n) is 3.74. The Morgan fingerprint density at radius 2 is 2.00 bits per heavy atom. The molecule has 27 heavy (non-hydrogen) atoms. The molecule has 0 saturated carbocycles. The second kappa shape index (κ2) is 6.23. The Morgan fingerprint density at radius 1 is 1.11 bits per heavy atom. The van der Waals surface area contributed by atoms with Gasteiger partial charge in [0.05, 0.1) is 36.4 Å². The van der Waals surface area contributed by atoms with Crippen molar-refractivity contribution in [1.82, 2.24) is 19.6 Å². The molecule has 6 nitrogen and oxygen atoms in total. The molecule has 1 fully saturated rings. The summed E-state index contributed by atoms with van der Waals surface area (Å²) in [6.07, 6.45) is 7.72. The quantitative estimate of drug-likeness (QED) is 0.555. The fourth-order valence-corrected chi connectivity index (χ4v) is 3.74. The van der Waals surface area contributed by atoms with Crippen LogP contribution in [0.2, 0.25) is 0 Å². The topological polar surface area (TPSA) is 55.6 Å². The van der Waals surface area contributed by atoms with Gasteiger partial charge in [-0.25, -0.2) is 9.50 Å². The summed E-state index contributed by atoms with van der Waals surface area (Å²) in [4.78, 5) is 11.5. The standard InChI is InChI=1S/C21H21N5O/c1-3-27-16-4-5-20-18(8-16)17(6-7-22-20)19-10-24-26-13-15(9-23-21(19)26)25-11-14(2)12-25/h4-10,13-14H,3,11-12H2,1-2H3. The minimum absolute atomic E-state index is 0.636. The number of hydrogen-bond acceptors (Lipinski definition) is 5. The van der Waals surface area contributed by atoms with Crippen LogP contribution in [0.3, 0.4) is 0 Å². The van der Waals surface area contributed by atoms with Crippen LogP contribution in [0.25, 0.3) is 27.7 Å². The molecular weight excluding hydrogens is 338 g/mol. The highest BCUT2D eigenvalue weighted by molar-refractivity contribution is 5.98. The Bertz CT molecular complexity index is 1130. The van der Waals surface area contributed by atoms with Crippen LogP contribution in [0.1, 0.15) is 13.8 Å². The number of fused-ring (bicyclic) bond motifs is 2. The number of pyridine rings is 1. The average Bonchev–Trinajstić information content (AvgIpc) is 3.08. The lowest BCUT2D eigenvalue weighted by Gasteiger charge is -2.38. The molecule has 0 atom stereocenters. The zero-order valence-corrected chi connectivity index (χ0v) is 15.5. The minimum Gasteiger partial charge on any atom is -0.494 e. The second-order valence-electron chi connectivity index (χ2n) is 7.12. The first-order valence-electron chi connectivity index (χ1n) is 9.33. The highest BCUT2D eigenvalue weighted by atomic mass is 16.5. The first kappa shape index (κ1) is 16.1. The number of aromatic nitrogens is 4. The monoisotopic (exact) mass is 359 g/mol. The van der Waals surface area contributed by atoms with E-state index < -0.39 is 0 Å². The molecule has 3 aromatic heterocycles. The van der Waals surface area contributed by atoms with Crippen molar-refractivity contribution < 1.29 is 4.74 Å². The molecule has 0 unspecified atom stereocenters. The van der Waals surface area contributed by atoms with Crippen LogP contribution in [0, 0.1) is 5.92 Å². The molecule has 0 radical (unpaired) electrons. The normalized spacial score (nSPS) is 14.7. The summed E-state index contributed by atoms with van der Waals surface area (Å²) >= 11 is 0. The maximum Gasteiger partial charge on any atom is 0.162 e. The molecule has 5 rings (SSSR count). The largest absolute Gasteiger partial charge is 0.494 e. The van der Waals surface area contributed by atoms with E-state index in [2.05, 4.69) is 28.1 Å². The molecule has 4 aromatic rings. The average molecular weight is 359 g/mol. The van der Waals surface area contributed by atoms with Gasteiger partial charge < -0.3 is 9.64 Å². The molecule has 136 valence electrons. The van der Waals surface area contributed by atoms with Crippen LogP contribution in [0.15, 0.2) is 49.1 Å². The van der Waals surface area contributed by atoms with Crippen molar-refractivity contribution in [2.75, 3.05) is 24.6 Å². The summed E-state index contributed by atoms with van der Waals surface area (Å²) in [6, 6.07) is 8.01. The Hall–Kier alpha value is -3.15. The number of ether oxygens (including phenoxy) is 1. The van der Waals surface area contributed by atoms with Gasteiger partial charge in [-0.3, -0.25) is 4.98 Å². The van der Waals surface area contributed by atoms with Gasteiger partial charge in [-0.05, 0) is 42.7 Å². The van der Waals surface area contributed by atoms with E-state index in [9.17, 15) is 0 Å². The molecule has 0 bridgehead atoms. The lowest BCUT2D eigenvalue weighted by atomic mass is 10.0. The van der Waals surface area contributed by atoms with E-state index in [4.69, 9.17) is 9.72 Å². The van der Waals surface area contributed by atoms with Gasteiger partial charge in [0.15, 0.2) is 5.65 Å². The number of hydrogen-bond donors (Lipinski definition) is 0. The summed E-state index contributed by atoms with van der Waals surface area (Å²) in [7, 11) is 0. The molecule has 1 aromatic carbocycles. The molecule has 4 heterocycles. The summed E-state index contributed by atoms with van der Waals surface area (Å²) in [6.45, 7) is 7.05. The molecule has 1 aliphatic rings. The van der Waals surface area contributed by atoms with Crippen molar-refractivity contribution in [3.63, 3.8) is 0 Å². The molecule has 1 saturated heterocycles. The maximum absolute atomic E-state index is 5.67. The number of nitrogens with zero attached hydrogens (tertiary/aromatic N) is 5. The summed E-state index contributed by atoms with van der Waals surface area (Å²) in [5.74, 6) is 1.59. The van der Waals surface area contributed by atoms with E-state index in [0.717, 1.165) is 58.1 Å². The van der Waals surface area contributed by atoms with Crippen LogP contribution in [-0.4, -0.2) is 39.3 Å². The third-order valence-electron chi connectivity index (χ3n) is 5.09. The predicted molar refractivity (Wildman–Crippen MR) is 106 cm³/mol. The van der Waals surface area contributed by atoms with Crippen LogP contribution in [-0.2, 0) is 0 Å². The minimum atomic E-state index is 0.636. The van der Waals surface area contributed by atoms with Gasteiger partial charge in [0.25, 0.3) is 0 Å². The summed E-state index contributed by atoms with van der Waals surface area (Å²) in [5.41, 5.74) is 4.96. The second-order valence-corrected chi connectivity index (χ2v) is 7.12. The molecule has 1 aliphatic heterocycles. The Morgan fingerprint density at radius 3 is 2.81 bits per heavy atom. The van der Waals surface area contributed by atoms with Crippen molar-refractivity contribution in [2.24, 2.45) is 5.92 Å². The van der Waals surface area contributed by atoms with Gasteiger partial charge in [-0.1, -0.05) is 6.92 Å². The van der Waals surface area contributed by atoms with Crippen LogP contribution in [0.4, 0.5) is 5.69 Å².